The summed E-state index contributed by atoms with van der Waals surface area (Å²) in [5.74, 6) is 1.31. The first-order chi connectivity index (χ1) is 12.0. The number of hydrogen-bond acceptors (Lipinski definition) is 3. The molecule has 2 N–H and O–H groups in total. The third-order valence-corrected chi connectivity index (χ3v) is 4.91. The molecule has 25 heavy (non-hydrogen) atoms. The standard InChI is InChI=1S/C19H31N3O3/c1-4-22(19(24)17-14-15(2)25-16(17)3)12-8-18(23)20-9-13-21-10-6-5-7-11-21/h14H,4-13H2,1-3H3,(H,20,23)/p+1. The third-order valence-electron chi connectivity index (χ3n) is 4.91. The van der Waals surface area contributed by atoms with Crippen LogP contribution in [0.5, 0.6) is 0 Å². The maximum absolute atomic E-state index is 12.6. The van der Waals surface area contributed by atoms with Crippen molar-refractivity contribution in [2.45, 2.75) is 46.5 Å². The minimum atomic E-state index is -0.0672. The van der Waals surface area contributed by atoms with Crippen molar-refractivity contribution in [1.82, 2.24) is 10.2 Å². The van der Waals surface area contributed by atoms with Crippen molar-refractivity contribution in [3.05, 3.63) is 23.2 Å². The number of rotatable bonds is 8. The van der Waals surface area contributed by atoms with E-state index in [0.29, 0.717) is 37.4 Å². The van der Waals surface area contributed by atoms with Crippen molar-refractivity contribution in [2.75, 3.05) is 39.3 Å². The number of hydrogen-bond donors (Lipinski definition) is 2. The lowest BCUT2D eigenvalue weighted by atomic mass is 10.1. The SMILES string of the molecule is CCN(CCC(=O)NCC[NH+]1CCCCC1)C(=O)c1cc(C)oc1C. The van der Waals surface area contributed by atoms with Crippen LogP contribution in [-0.2, 0) is 4.79 Å². The van der Waals surface area contributed by atoms with E-state index in [1.54, 1.807) is 22.8 Å². The van der Waals surface area contributed by atoms with E-state index in [0.717, 1.165) is 12.3 Å². The summed E-state index contributed by atoms with van der Waals surface area (Å²) in [6, 6.07) is 1.77. The Morgan fingerprint density at radius 3 is 2.56 bits per heavy atom. The highest BCUT2D eigenvalue weighted by Gasteiger charge is 2.20. The van der Waals surface area contributed by atoms with E-state index >= 15 is 0 Å². The Labute approximate surface area is 150 Å². The summed E-state index contributed by atoms with van der Waals surface area (Å²) in [7, 11) is 0. The zero-order valence-electron chi connectivity index (χ0n) is 15.8. The van der Waals surface area contributed by atoms with Crippen molar-refractivity contribution in [3.63, 3.8) is 0 Å². The monoisotopic (exact) mass is 350 g/mol. The molecule has 140 valence electrons. The Balaban J connectivity index is 1.72. The molecule has 6 nitrogen and oxygen atoms in total. The summed E-state index contributed by atoms with van der Waals surface area (Å²) in [6.07, 6.45) is 4.27. The fourth-order valence-corrected chi connectivity index (χ4v) is 3.42. The molecule has 0 unspecified atom stereocenters. The number of furan rings is 1. The van der Waals surface area contributed by atoms with Gasteiger partial charge in [0.15, 0.2) is 0 Å². The Morgan fingerprint density at radius 1 is 1.24 bits per heavy atom. The number of amides is 2. The summed E-state index contributed by atoms with van der Waals surface area (Å²) < 4.78 is 5.44. The molecule has 0 atom stereocenters. The Morgan fingerprint density at radius 2 is 1.96 bits per heavy atom. The fraction of sp³-hybridized carbons (Fsp3) is 0.684. The number of likely N-dealkylation sites (tertiary alicyclic amines) is 1. The average Bonchev–Trinajstić information content (AvgIpc) is 2.94. The van der Waals surface area contributed by atoms with Crippen LogP contribution < -0.4 is 10.2 Å². The molecule has 1 fully saturated rings. The predicted octanol–water partition coefficient (Wildman–Crippen LogP) is 0.934. The van der Waals surface area contributed by atoms with Crippen LogP contribution in [0.4, 0.5) is 0 Å². The number of aryl methyl sites for hydroxylation is 2. The van der Waals surface area contributed by atoms with Crippen LogP contribution in [0.1, 0.15) is 54.5 Å². The normalized spacial score (nSPS) is 15.2. The fourth-order valence-electron chi connectivity index (χ4n) is 3.42. The zero-order chi connectivity index (χ0) is 18.2. The molecule has 1 aromatic heterocycles. The molecule has 1 aromatic rings. The smallest absolute Gasteiger partial charge is 0.257 e. The molecule has 2 amide bonds. The van der Waals surface area contributed by atoms with Crippen molar-refractivity contribution in [3.8, 4) is 0 Å². The first-order valence-corrected chi connectivity index (χ1v) is 9.47. The molecular formula is C19H32N3O3+. The van der Waals surface area contributed by atoms with Gasteiger partial charge in [0.05, 0.1) is 31.7 Å². The Bertz CT molecular complexity index is 576. The second-order valence-corrected chi connectivity index (χ2v) is 6.87. The lowest BCUT2D eigenvalue weighted by molar-refractivity contribution is -0.903. The van der Waals surface area contributed by atoms with E-state index in [4.69, 9.17) is 4.42 Å². The molecule has 2 heterocycles. The van der Waals surface area contributed by atoms with Crippen LogP contribution in [0.15, 0.2) is 10.5 Å². The highest BCUT2D eigenvalue weighted by Crippen LogP contribution is 2.16. The average molecular weight is 350 g/mol. The van der Waals surface area contributed by atoms with Gasteiger partial charge in [0.25, 0.3) is 5.91 Å². The van der Waals surface area contributed by atoms with Crippen LogP contribution in [0.25, 0.3) is 0 Å². The van der Waals surface area contributed by atoms with Gasteiger partial charge in [-0.1, -0.05) is 0 Å². The second kappa shape index (κ2) is 9.61. The molecule has 0 aromatic carbocycles. The number of piperidine rings is 1. The van der Waals surface area contributed by atoms with Gasteiger partial charge in [-0.15, -0.1) is 0 Å². The molecule has 0 saturated carbocycles. The number of carbonyl (C=O) groups is 2. The molecule has 0 radical (unpaired) electrons. The predicted molar refractivity (Wildman–Crippen MR) is 96.8 cm³/mol. The lowest BCUT2D eigenvalue weighted by Gasteiger charge is -2.23. The van der Waals surface area contributed by atoms with Crippen LogP contribution in [-0.4, -0.2) is 56.0 Å². The van der Waals surface area contributed by atoms with Crippen LogP contribution in [0.3, 0.4) is 0 Å². The molecule has 0 aliphatic carbocycles. The van der Waals surface area contributed by atoms with Gasteiger partial charge < -0.3 is 19.5 Å². The molecular weight excluding hydrogens is 318 g/mol. The van der Waals surface area contributed by atoms with Crippen molar-refractivity contribution in [2.24, 2.45) is 0 Å². The summed E-state index contributed by atoms with van der Waals surface area (Å²) in [6.45, 7) is 10.7. The lowest BCUT2D eigenvalue weighted by Crippen LogP contribution is -3.13. The van der Waals surface area contributed by atoms with Crippen molar-refractivity contribution >= 4 is 11.8 Å². The topological polar surface area (TPSA) is 67.0 Å². The van der Waals surface area contributed by atoms with E-state index in [2.05, 4.69) is 5.32 Å². The second-order valence-electron chi connectivity index (χ2n) is 6.87. The largest absolute Gasteiger partial charge is 0.466 e. The highest BCUT2D eigenvalue weighted by atomic mass is 16.3. The summed E-state index contributed by atoms with van der Waals surface area (Å²) in [4.78, 5) is 27.9. The minimum Gasteiger partial charge on any atom is -0.466 e. The van der Waals surface area contributed by atoms with Gasteiger partial charge in [-0.2, -0.15) is 0 Å². The van der Waals surface area contributed by atoms with E-state index < -0.39 is 0 Å². The van der Waals surface area contributed by atoms with E-state index in [-0.39, 0.29) is 11.8 Å². The first-order valence-electron chi connectivity index (χ1n) is 9.47. The maximum atomic E-state index is 12.6. The summed E-state index contributed by atoms with van der Waals surface area (Å²) >= 11 is 0. The molecule has 6 heteroatoms. The van der Waals surface area contributed by atoms with Crippen LogP contribution in [0, 0.1) is 13.8 Å². The quantitative estimate of drug-likeness (QED) is 0.733. The van der Waals surface area contributed by atoms with Crippen LogP contribution >= 0.6 is 0 Å². The van der Waals surface area contributed by atoms with Crippen molar-refractivity contribution in [1.29, 1.82) is 0 Å². The van der Waals surface area contributed by atoms with E-state index in [1.807, 2.05) is 13.8 Å². The van der Waals surface area contributed by atoms with Crippen molar-refractivity contribution < 1.29 is 18.9 Å². The first kappa shape index (κ1) is 19.5. The molecule has 1 aliphatic heterocycles. The number of nitrogens with one attached hydrogen (secondary N) is 2. The number of quaternary nitrogens is 1. The molecule has 0 bridgehead atoms. The van der Waals surface area contributed by atoms with Gasteiger partial charge in [0.1, 0.15) is 11.5 Å². The number of nitrogens with zero attached hydrogens (tertiary/aromatic N) is 1. The Hall–Kier alpha value is -1.82. The minimum absolute atomic E-state index is 0.0164. The number of carbonyl (C=O) groups excluding carboxylic acids is 2. The van der Waals surface area contributed by atoms with Gasteiger partial charge in [0, 0.05) is 19.5 Å². The molecule has 1 aliphatic rings. The van der Waals surface area contributed by atoms with Gasteiger partial charge in [-0.25, -0.2) is 0 Å². The molecule has 1 saturated heterocycles. The van der Waals surface area contributed by atoms with Crippen LogP contribution in [0.2, 0.25) is 0 Å². The summed E-state index contributed by atoms with van der Waals surface area (Å²) in [5, 5.41) is 2.99. The van der Waals surface area contributed by atoms with Gasteiger partial charge >= 0.3 is 0 Å². The van der Waals surface area contributed by atoms with E-state index in [1.165, 1.54) is 32.4 Å². The molecule has 0 spiro atoms. The van der Waals surface area contributed by atoms with E-state index in [9.17, 15) is 9.59 Å². The van der Waals surface area contributed by atoms with Gasteiger partial charge in [0.2, 0.25) is 5.91 Å². The Kier molecular flexibility index (Phi) is 7.50. The maximum Gasteiger partial charge on any atom is 0.257 e. The van der Waals surface area contributed by atoms with Gasteiger partial charge in [-0.3, -0.25) is 9.59 Å². The third kappa shape index (κ3) is 5.88. The highest BCUT2D eigenvalue weighted by molar-refractivity contribution is 5.95. The molecule has 2 rings (SSSR count). The van der Waals surface area contributed by atoms with Gasteiger partial charge in [-0.05, 0) is 46.1 Å². The zero-order valence-corrected chi connectivity index (χ0v) is 15.8. The summed E-state index contributed by atoms with van der Waals surface area (Å²) in [5.41, 5.74) is 0.591.